The van der Waals surface area contributed by atoms with E-state index in [4.69, 9.17) is 10.6 Å². The fourth-order valence-electron chi connectivity index (χ4n) is 4.43. The number of carboxylic acid groups (broad SMARTS) is 2. The second-order valence-electron chi connectivity index (χ2n) is 9.27. The van der Waals surface area contributed by atoms with Crippen LogP contribution in [0.15, 0.2) is 64.6 Å². The molecular weight excluding hydrogens is 560 g/mol. The number of fused-ring (bicyclic) bond motifs is 1. The fraction of sp³-hybridized carbons (Fsp3) is 0.320. The van der Waals surface area contributed by atoms with Gasteiger partial charge in [0.05, 0.1) is 0 Å². The van der Waals surface area contributed by atoms with Gasteiger partial charge in [0.2, 0.25) is 5.60 Å². The Balaban J connectivity index is 1.32. The molecule has 2 aromatic rings. The molecule has 0 spiro atoms. The molecule has 2 fully saturated rings. The predicted molar refractivity (Wildman–Crippen MR) is 144 cm³/mol. The van der Waals surface area contributed by atoms with Gasteiger partial charge in [-0.3, -0.25) is 14.5 Å². The first-order valence-electron chi connectivity index (χ1n) is 12.2. The maximum atomic E-state index is 13.3. The number of pyridine rings is 1. The number of carbonyl (C=O) groups is 4. The highest BCUT2D eigenvalue weighted by atomic mass is 32.2. The van der Waals surface area contributed by atoms with Crippen molar-refractivity contribution in [2.45, 2.75) is 42.8 Å². The SMILES string of the molecule is Nc1nc(/C(=N/OC2(C(=O)O)CCC2)C(=O)NC2C(=O)N3C(C(=O)O)=C(C=CC[n+]4ccccc4)CS[C@H]23)cs1. The zero-order chi connectivity index (χ0) is 28.4. The van der Waals surface area contributed by atoms with E-state index in [0.29, 0.717) is 24.3 Å². The van der Waals surface area contributed by atoms with E-state index >= 15 is 0 Å². The third-order valence-corrected chi connectivity index (χ3v) is 8.72. The highest BCUT2D eigenvalue weighted by molar-refractivity contribution is 8.00. The van der Waals surface area contributed by atoms with E-state index in [0.717, 1.165) is 11.3 Å². The van der Waals surface area contributed by atoms with Gasteiger partial charge in [0.25, 0.3) is 11.8 Å². The van der Waals surface area contributed by atoms with Crippen molar-refractivity contribution in [1.82, 2.24) is 15.2 Å². The maximum Gasteiger partial charge on any atom is 0.352 e. The number of nitrogens with two attached hydrogens (primary N) is 1. The van der Waals surface area contributed by atoms with Gasteiger partial charge in [0, 0.05) is 36.1 Å². The number of hydrogen-bond acceptors (Lipinski definition) is 10. The van der Waals surface area contributed by atoms with Gasteiger partial charge in [-0.1, -0.05) is 17.3 Å². The lowest BCUT2D eigenvalue weighted by Crippen LogP contribution is -2.71. The molecule has 0 bridgehead atoms. The third kappa shape index (κ3) is 5.16. The van der Waals surface area contributed by atoms with Crippen LogP contribution in [0, 0.1) is 0 Å². The monoisotopic (exact) mass is 585 g/mol. The van der Waals surface area contributed by atoms with Crippen LogP contribution in [0.5, 0.6) is 0 Å². The summed E-state index contributed by atoms with van der Waals surface area (Å²) in [6.45, 7) is 0.520. The topological polar surface area (TPSA) is 188 Å². The molecule has 1 aliphatic carbocycles. The lowest BCUT2D eigenvalue weighted by Gasteiger charge is -2.49. The van der Waals surface area contributed by atoms with E-state index in [9.17, 15) is 29.4 Å². The molecule has 2 aromatic heterocycles. The minimum atomic E-state index is -1.53. The Morgan fingerprint density at radius 3 is 2.62 bits per heavy atom. The van der Waals surface area contributed by atoms with Gasteiger partial charge in [-0.05, 0) is 18.1 Å². The molecule has 40 heavy (non-hydrogen) atoms. The molecule has 1 unspecified atom stereocenters. The number of nitrogens with zero attached hydrogens (tertiary/aromatic N) is 4. The van der Waals surface area contributed by atoms with E-state index < -0.39 is 40.8 Å². The van der Waals surface area contributed by atoms with Gasteiger partial charge in [0.15, 0.2) is 29.8 Å². The quantitative estimate of drug-likeness (QED) is 0.134. The van der Waals surface area contributed by atoms with Crippen molar-refractivity contribution in [3.8, 4) is 0 Å². The highest BCUT2D eigenvalue weighted by Crippen LogP contribution is 2.41. The van der Waals surface area contributed by atoms with Crippen LogP contribution in [-0.2, 0) is 30.6 Å². The van der Waals surface area contributed by atoms with Crippen molar-refractivity contribution in [1.29, 1.82) is 0 Å². The number of aliphatic carboxylic acids is 2. The summed E-state index contributed by atoms with van der Waals surface area (Å²) in [7, 11) is 0. The minimum Gasteiger partial charge on any atom is -0.478 e. The first kappa shape index (κ1) is 27.3. The Hall–Kier alpha value is -4.24. The largest absolute Gasteiger partial charge is 0.478 e. The number of rotatable bonds is 10. The third-order valence-electron chi connectivity index (χ3n) is 6.74. The molecule has 15 heteroatoms. The van der Waals surface area contributed by atoms with Crippen molar-refractivity contribution >= 4 is 57.7 Å². The smallest absolute Gasteiger partial charge is 0.352 e. The molecule has 3 aliphatic rings. The Labute approximate surface area is 236 Å². The molecule has 1 saturated carbocycles. The van der Waals surface area contributed by atoms with Gasteiger partial charge < -0.3 is 26.1 Å². The van der Waals surface area contributed by atoms with Gasteiger partial charge in [-0.2, -0.15) is 0 Å². The van der Waals surface area contributed by atoms with E-state index in [1.54, 1.807) is 6.08 Å². The second kappa shape index (κ2) is 11.1. The number of hydrogen-bond donors (Lipinski definition) is 4. The number of oxime groups is 1. The highest BCUT2D eigenvalue weighted by Gasteiger charge is 2.54. The van der Waals surface area contributed by atoms with Crippen LogP contribution in [0.2, 0.25) is 0 Å². The Bertz CT molecular complexity index is 1450. The van der Waals surface area contributed by atoms with E-state index in [1.807, 2.05) is 41.2 Å². The maximum absolute atomic E-state index is 13.3. The Morgan fingerprint density at radius 2 is 2.02 bits per heavy atom. The standard InChI is InChI=1S/C25H24N6O7S2/c26-24-27-15(13-40-24)16(29-38-25(23(36)37)7-5-8-25)19(32)28-17-20(33)31-18(22(34)35)14(12-39-21(17)31)6-4-11-30-9-2-1-3-10-30/h1-4,6,9-10,13,17,21H,5,7-8,11-12H2,(H4-,26,27,28,32,34,35,36,37)/p+1/b6-4?,29-16-/t17?,21-/m1/s1. The van der Waals surface area contributed by atoms with Gasteiger partial charge in [0.1, 0.15) is 22.8 Å². The minimum absolute atomic E-state index is 0.0645. The van der Waals surface area contributed by atoms with E-state index in [2.05, 4.69) is 15.5 Å². The summed E-state index contributed by atoms with van der Waals surface area (Å²) in [5, 5.41) is 26.8. The van der Waals surface area contributed by atoms with Crippen molar-refractivity contribution in [2.75, 3.05) is 11.5 Å². The summed E-state index contributed by atoms with van der Waals surface area (Å²) in [6, 6.07) is 4.62. The van der Waals surface area contributed by atoms with Crippen LogP contribution < -0.4 is 15.6 Å². The van der Waals surface area contributed by atoms with Gasteiger partial charge in [-0.25, -0.2) is 19.1 Å². The lowest BCUT2D eigenvalue weighted by atomic mass is 9.80. The molecule has 2 atom stereocenters. The number of nitrogen functional groups attached to an aromatic ring is 1. The average Bonchev–Trinajstić information content (AvgIpc) is 3.34. The van der Waals surface area contributed by atoms with Crippen molar-refractivity contribution in [3.63, 3.8) is 0 Å². The Kier molecular flexibility index (Phi) is 7.58. The van der Waals surface area contributed by atoms with Crippen LogP contribution in [-0.4, -0.2) is 72.3 Å². The fourth-order valence-corrected chi connectivity index (χ4v) is 6.30. The van der Waals surface area contributed by atoms with Crippen LogP contribution in [0.3, 0.4) is 0 Å². The summed E-state index contributed by atoms with van der Waals surface area (Å²) in [5.41, 5.74) is 4.27. The number of carboxylic acids is 2. The number of nitrogens with one attached hydrogen (secondary N) is 1. The normalized spacial score (nSPS) is 21.9. The van der Waals surface area contributed by atoms with Crippen LogP contribution in [0.4, 0.5) is 5.13 Å². The number of amides is 2. The zero-order valence-corrected chi connectivity index (χ0v) is 22.6. The van der Waals surface area contributed by atoms with E-state index in [1.165, 1.54) is 22.0 Å². The molecule has 2 amide bonds. The summed E-state index contributed by atoms with van der Waals surface area (Å²) in [6.07, 6.45) is 8.38. The molecule has 208 valence electrons. The predicted octanol–water partition coefficient (Wildman–Crippen LogP) is 0.736. The number of carbonyl (C=O) groups excluding carboxylic acids is 2. The summed E-state index contributed by atoms with van der Waals surface area (Å²) >= 11 is 2.37. The van der Waals surface area contributed by atoms with Crippen molar-refractivity contribution in [3.05, 3.63) is 65.1 Å². The van der Waals surface area contributed by atoms with Crippen LogP contribution >= 0.6 is 23.1 Å². The number of aromatic nitrogens is 2. The summed E-state index contributed by atoms with van der Waals surface area (Å²) < 4.78 is 1.92. The molecule has 13 nitrogen and oxygen atoms in total. The number of thiazole rings is 1. The molecule has 5 N–H and O–H groups in total. The molecule has 4 heterocycles. The van der Waals surface area contributed by atoms with Crippen molar-refractivity contribution in [2.24, 2.45) is 5.16 Å². The lowest BCUT2D eigenvalue weighted by molar-refractivity contribution is -0.687. The molecule has 1 saturated heterocycles. The summed E-state index contributed by atoms with van der Waals surface area (Å²) in [5.74, 6) is -3.54. The zero-order valence-electron chi connectivity index (χ0n) is 20.9. The first-order valence-corrected chi connectivity index (χ1v) is 14.2. The number of thioether (sulfide) groups is 1. The second-order valence-corrected chi connectivity index (χ2v) is 11.3. The summed E-state index contributed by atoms with van der Waals surface area (Å²) in [4.78, 5) is 60.7. The van der Waals surface area contributed by atoms with Crippen LogP contribution in [0.25, 0.3) is 0 Å². The first-order chi connectivity index (χ1) is 19.2. The molecule has 0 aromatic carbocycles. The molecule has 0 radical (unpaired) electrons. The number of allylic oxidation sites excluding steroid dienone is 2. The Morgan fingerprint density at radius 1 is 1.27 bits per heavy atom. The molecule has 5 rings (SSSR count). The molecular formula is C25H25N6O7S2+. The van der Waals surface area contributed by atoms with Gasteiger partial charge >= 0.3 is 11.9 Å². The number of anilines is 1. The van der Waals surface area contributed by atoms with Crippen molar-refractivity contribution < 1.29 is 38.8 Å². The van der Waals surface area contributed by atoms with E-state index in [-0.39, 0.29) is 35.1 Å². The number of β-lactam (4-membered cyclic amide) rings is 1. The average molecular weight is 586 g/mol. The van der Waals surface area contributed by atoms with Gasteiger partial charge in [-0.15, -0.1) is 23.1 Å². The molecule has 2 aliphatic heterocycles. The van der Waals surface area contributed by atoms with Crippen LogP contribution in [0.1, 0.15) is 25.0 Å².